The van der Waals surface area contributed by atoms with E-state index in [0.717, 1.165) is 22.8 Å². The van der Waals surface area contributed by atoms with Crippen molar-refractivity contribution in [3.05, 3.63) is 66.5 Å². The van der Waals surface area contributed by atoms with Gasteiger partial charge in [-0.2, -0.15) is 0 Å². The summed E-state index contributed by atoms with van der Waals surface area (Å²) in [7, 11) is 1.63. The Morgan fingerprint density at radius 2 is 1.72 bits per heavy atom. The largest absolute Gasteiger partial charge is 0.497 e. The van der Waals surface area contributed by atoms with Gasteiger partial charge in [0.2, 0.25) is 0 Å². The number of anilines is 1. The van der Waals surface area contributed by atoms with Crippen LogP contribution < -0.4 is 14.4 Å². The van der Waals surface area contributed by atoms with Crippen LogP contribution in [-0.2, 0) is 4.79 Å². The number of piperazine rings is 1. The molecule has 1 unspecified atom stereocenters. The lowest BCUT2D eigenvalue weighted by molar-refractivity contribution is -0.138. The SMILES string of the molecule is COc1cccc(-c2ccc(N3CCN(C(=O)C(C)Oc4ccc(F)cc4)CC3)nn2)c1. The number of methoxy groups -OCH3 is 1. The first-order valence-electron chi connectivity index (χ1n) is 10.5. The fraction of sp³-hybridized carbons (Fsp3) is 0.292. The third-order valence-electron chi connectivity index (χ3n) is 5.41. The molecule has 0 N–H and O–H groups in total. The van der Waals surface area contributed by atoms with Gasteiger partial charge in [-0.05, 0) is 55.5 Å². The lowest BCUT2D eigenvalue weighted by atomic mass is 10.1. The van der Waals surface area contributed by atoms with Gasteiger partial charge in [-0.3, -0.25) is 4.79 Å². The van der Waals surface area contributed by atoms with Gasteiger partial charge in [0.05, 0.1) is 12.8 Å². The molecule has 1 fully saturated rings. The van der Waals surface area contributed by atoms with E-state index in [0.29, 0.717) is 31.9 Å². The van der Waals surface area contributed by atoms with Gasteiger partial charge in [0.25, 0.3) is 5.91 Å². The Balaban J connectivity index is 1.32. The molecular weight excluding hydrogens is 411 g/mol. The Labute approximate surface area is 186 Å². The van der Waals surface area contributed by atoms with E-state index in [9.17, 15) is 9.18 Å². The summed E-state index contributed by atoms with van der Waals surface area (Å²) in [5, 5.41) is 8.74. The number of aromatic nitrogens is 2. The first-order valence-corrected chi connectivity index (χ1v) is 10.5. The summed E-state index contributed by atoms with van der Waals surface area (Å²) in [6.07, 6.45) is -0.644. The number of ether oxygens (including phenoxy) is 2. The molecule has 3 aromatic rings. The second-order valence-corrected chi connectivity index (χ2v) is 7.54. The summed E-state index contributed by atoms with van der Waals surface area (Å²) in [6, 6.07) is 17.2. The van der Waals surface area contributed by atoms with Crippen LogP contribution in [-0.4, -0.2) is 60.4 Å². The molecule has 0 spiro atoms. The number of nitrogens with zero attached hydrogens (tertiary/aromatic N) is 4. The lowest BCUT2D eigenvalue weighted by Gasteiger charge is -2.36. The van der Waals surface area contributed by atoms with Gasteiger partial charge in [0.1, 0.15) is 17.3 Å². The number of hydrogen-bond donors (Lipinski definition) is 0. The minimum absolute atomic E-state index is 0.0894. The van der Waals surface area contributed by atoms with Gasteiger partial charge in [-0.15, -0.1) is 10.2 Å². The molecule has 1 atom stereocenters. The van der Waals surface area contributed by atoms with Crippen molar-refractivity contribution in [2.75, 3.05) is 38.2 Å². The minimum Gasteiger partial charge on any atom is -0.497 e. The van der Waals surface area contributed by atoms with Crippen molar-refractivity contribution < 1.29 is 18.7 Å². The van der Waals surface area contributed by atoms with Gasteiger partial charge >= 0.3 is 0 Å². The van der Waals surface area contributed by atoms with Gasteiger partial charge in [0, 0.05) is 31.7 Å². The third kappa shape index (κ3) is 4.96. The number of hydrogen-bond acceptors (Lipinski definition) is 6. The van der Waals surface area contributed by atoms with E-state index in [1.165, 1.54) is 24.3 Å². The second-order valence-electron chi connectivity index (χ2n) is 7.54. The smallest absolute Gasteiger partial charge is 0.263 e. The minimum atomic E-state index is -0.644. The standard InChI is InChI=1S/C24H25FN4O3/c1-17(32-20-8-6-19(25)7-9-20)24(30)29-14-12-28(13-15-29)23-11-10-22(26-27-23)18-4-3-5-21(16-18)31-2/h3-11,16-17H,12-15H2,1-2H3. The van der Waals surface area contributed by atoms with Gasteiger partial charge in [-0.1, -0.05) is 12.1 Å². The molecule has 0 saturated carbocycles. The number of carbonyl (C=O) groups excluding carboxylic acids is 1. The van der Waals surface area contributed by atoms with Crippen LogP contribution in [0.1, 0.15) is 6.92 Å². The molecule has 8 heteroatoms. The highest BCUT2D eigenvalue weighted by Gasteiger charge is 2.26. The topological polar surface area (TPSA) is 67.8 Å². The zero-order valence-corrected chi connectivity index (χ0v) is 18.1. The van der Waals surface area contributed by atoms with E-state index in [-0.39, 0.29) is 11.7 Å². The van der Waals surface area contributed by atoms with Gasteiger partial charge in [-0.25, -0.2) is 4.39 Å². The fourth-order valence-corrected chi connectivity index (χ4v) is 3.61. The van der Waals surface area contributed by atoms with E-state index in [1.807, 2.05) is 36.4 Å². The van der Waals surface area contributed by atoms with Crippen molar-refractivity contribution in [3.8, 4) is 22.8 Å². The van der Waals surface area contributed by atoms with Crippen molar-refractivity contribution in [1.82, 2.24) is 15.1 Å². The van der Waals surface area contributed by atoms with Crippen molar-refractivity contribution in [2.45, 2.75) is 13.0 Å². The third-order valence-corrected chi connectivity index (χ3v) is 5.41. The van der Waals surface area contributed by atoms with E-state index < -0.39 is 6.10 Å². The zero-order chi connectivity index (χ0) is 22.5. The van der Waals surface area contributed by atoms with Crippen molar-refractivity contribution in [3.63, 3.8) is 0 Å². The van der Waals surface area contributed by atoms with Crippen molar-refractivity contribution in [2.24, 2.45) is 0 Å². The monoisotopic (exact) mass is 436 g/mol. The van der Waals surface area contributed by atoms with E-state index in [2.05, 4.69) is 15.1 Å². The highest BCUT2D eigenvalue weighted by molar-refractivity contribution is 5.81. The summed E-state index contributed by atoms with van der Waals surface area (Å²) < 4.78 is 24.0. The maximum absolute atomic E-state index is 13.0. The first kappa shape index (κ1) is 21.5. The summed E-state index contributed by atoms with van der Waals surface area (Å²) >= 11 is 0. The quantitative estimate of drug-likeness (QED) is 0.590. The molecule has 7 nitrogen and oxygen atoms in total. The molecular formula is C24H25FN4O3. The summed E-state index contributed by atoms with van der Waals surface area (Å²) in [6.45, 7) is 4.15. The average Bonchev–Trinajstić information content (AvgIpc) is 2.85. The van der Waals surface area contributed by atoms with E-state index in [4.69, 9.17) is 9.47 Å². The molecule has 1 saturated heterocycles. The molecule has 1 aromatic heterocycles. The first-order chi connectivity index (χ1) is 15.5. The number of rotatable bonds is 6. The molecule has 1 aliphatic heterocycles. The lowest BCUT2D eigenvalue weighted by Crippen LogP contribution is -2.52. The van der Waals surface area contributed by atoms with Crippen molar-refractivity contribution >= 4 is 11.7 Å². The zero-order valence-electron chi connectivity index (χ0n) is 18.1. The van der Waals surface area contributed by atoms with Crippen LogP contribution in [0.2, 0.25) is 0 Å². The Morgan fingerprint density at radius 1 is 0.969 bits per heavy atom. The Hall–Kier alpha value is -3.68. The molecule has 2 aromatic carbocycles. The predicted octanol–water partition coefficient (Wildman–Crippen LogP) is 3.41. The molecule has 1 amide bonds. The number of halogens is 1. The second kappa shape index (κ2) is 9.64. The van der Waals surface area contributed by atoms with Crippen LogP contribution in [0, 0.1) is 5.82 Å². The molecule has 32 heavy (non-hydrogen) atoms. The molecule has 1 aliphatic rings. The summed E-state index contributed by atoms with van der Waals surface area (Å²) in [5.74, 6) is 1.59. The number of benzene rings is 2. The van der Waals surface area contributed by atoms with E-state index >= 15 is 0 Å². The molecule has 0 aliphatic carbocycles. The number of amides is 1. The van der Waals surface area contributed by atoms with Crippen LogP contribution in [0.4, 0.5) is 10.2 Å². The predicted molar refractivity (Wildman–Crippen MR) is 119 cm³/mol. The molecule has 0 radical (unpaired) electrons. The summed E-state index contributed by atoms with van der Waals surface area (Å²) in [4.78, 5) is 16.6. The normalized spacial score (nSPS) is 14.7. The van der Waals surface area contributed by atoms with Crippen LogP contribution in [0.25, 0.3) is 11.3 Å². The molecule has 2 heterocycles. The van der Waals surface area contributed by atoms with Crippen LogP contribution in [0.15, 0.2) is 60.7 Å². The molecule has 166 valence electrons. The molecule has 4 rings (SSSR count). The van der Waals surface area contributed by atoms with Crippen LogP contribution in [0.5, 0.6) is 11.5 Å². The van der Waals surface area contributed by atoms with Crippen LogP contribution >= 0.6 is 0 Å². The van der Waals surface area contributed by atoms with Gasteiger partial charge < -0.3 is 19.3 Å². The van der Waals surface area contributed by atoms with Crippen molar-refractivity contribution in [1.29, 1.82) is 0 Å². The van der Waals surface area contributed by atoms with Crippen LogP contribution in [0.3, 0.4) is 0 Å². The highest BCUT2D eigenvalue weighted by atomic mass is 19.1. The Morgan fingerprint density at radius 3 is 2.38 bits per heavy atom. The fourth-order valence-electron chi connectivity index (χ4n) is 3.61. The number of carbonyl (C=O) groups is 1. The van der Waals surface area contributed by atoms with E-state index in [1.54, 1.807) is 18.9 Å². The highest BCUT2D eigenvalue weighted by Crippen LogP contribution is 2.23. The Kier molecular flexibility index (Phi) is 6.49. The maximum atomic E-state index is 13.0. The Bertz CT molecular complexity index is 1050. The maximum Gasteiger partial charge on any atom is 0.263 e. The molecule has 0 bridgehead atoms. The van der Waals surface area contributed by atoms with Gasteiger partial charge in [0.15, 0.2) is 11.9 Å². The summed E-state index contributed by atoms with van der Waals surface area (Å²) in [5.41, 5.74) is 1.71. The average molecular weight is 436 g/mol.